The van der Waals surface area contributed by atoms with E-state index in [1.807, 2.05) is 13.8 Å². The van der Waals surface area contributed by atoms with Gasteiger partial charge in [0.2, 0.25) is 11.8 Å². The summed E-state index contributed by atoms with van der Waals surface area (Å²) in [7, 11) is 0. The number of unbranched alkanes of at least 4 members (excludes halogenated alkanes) is 1. The molecule has 100 valence electrons. The van der Waals surface area contributed by atoms with Gasteiger partial charge in [0.1, 0.15) is 0 Å². The number of nitrogens with zero attached hydrogens (tertiary/aromatic N) is 1. The molecule has 0 aliphatic heterocycles. The van der Waals surface area contributed by atoms with Crippen LogP contribution in [0, 0.1) is 0 Å². The normalized spacial score (nSPS) is 12.2. The third-order valence-electron chi connectivity index (χ3n) is 2.53. The zero-order valence-corrected chi connectivity index (χ0v) is 10.9. The number of rotatable bonds is 9. The van der Waals surface area contributed by atoms with Crippen molar-refractivity contribution >= 4 is 11.8 Å². The van der Waals surface area contributed by atoms with Crippen molar-refractivity contribution in [1.29, 1.82) is 0 Å². The molecule has 5 heteroatoms. The van der Waals surface area contributed by atoms with Crippen LogP contribution in [0.4, 0.5) is 0 Å². The molecule has 0 aromatic heterocycles. The fraction of sp³-hybridized carbons (Fsp3) is 0.833. The van der Waals surface area contributed by atoms with Crippen LogP contribution >= 0.6 is 0 Å². The summed E-state index contributed by atoms with van der Waals surface area (Å²) in [6, 6.07) is 0.114. The first-order valence-corrected chi connectivity index (χ1v) is 6.29. The molecule has 0 heterocycles. The van der Waals surface area contributed by atoms with Gasteiger partial charge in [-0.25, -0.2) is 0 Å². The van der Waals surface area contributed by atoms with Crippen molar-refractivity contribution in [2.45, 2.75) is 52.0 Å². The van der Waals surface area contributed by atoms with Gasteiger partial charge in [0, 0.05) is 19.0 Å². The van der Waals surface area contributed by atoms with Crippen molar-refractivity contribution in [1.82, 2.24) is 4.90 Å². The third kappa shape index (κ3) is 8.68. The molecule has 0 aromatic carbocycles. The van der Waals surface area contributed by atoms with Gasteiger partial charge in [0.05, 0.1) is 6.54 Å². The van der Waals surface area contributed by atoms with E-state index in [9.17, 15) is 9.59 Å². The maximum absolute atomic E-state index is 11.8. The highest BCUT2D eigenvalue weighted by molar-refractivity contribution is 5.83. The molecule has 0 aliphatic carbocycles. The summed E-state index contributed by atoms with van der Waals surface area (Å²) < 4.78 is 0. The van der Waals surface area contributed by atoms with Crippen LogP contribution in [0.1, 0.15) is 46.0 Å². The van der Waals surface area contributed by atoms with Crippen molar-refractivity contribution in [3.63, 3.8) is 0 Å². The van der Waals surface area contributed by atoms with Gasteiger partial charge in [0.15, 0.2) is 0 Å². The first-order chi connectivity index (χ1) is 7.97. The second-order valence-corrected chi connectivity index (χ2v) is 4.50. The number of carbonyl (C=O) groups excluding carboxylic acids is 2. The zero-order chi connectivity index (χ0) is 13.3. The standard InChI is InChI=1S/C12H25N3O2/c1-3-4-8-15(9-11(14)16)12(17)7-5-6-10(2)13/h10H,3-9,13H2,1-2H3,(H2,14,16). The SMILES string of the molecule is CCCCN(CC(N)=O)C(=O)CCCC(C)N. The van der Waals surface area contributed by atoms with Crippen LogP contribution < -0.4 is 11.5 Å². The third-order valence-corrected chi connectivity index (χ3v) is 2.53. The summed E-state index contributed by atoms with van der Waals surface area (Å²) in [5.41, 5.74) is 10.7. The Hall–Kier alpha value is -1.10. The molecule has 0 fully saturated rings. The lowest BCUT2D eigenvalue weighted by molar-refractivity contribution is -0.135. The van der Waals surface area contributed by atoms with Crippen LogP contribution in [0.3, 0.4) is 0 Å². The smallest absolute Gasteiger partial charge is 0.237 e. The molecule has 5 nitrogen and oxygen atoms in total. The number of hydrogen-bond donors (Lipinski definition) is 2. The number of carbonyl (C=O) groups is 2. The van der Waals surface area contributed by atoms with Crippen LogP contribution in [0.5, 0.6) is 0 Å². The van der Waals surface area contributed by atoms with Gasteiger partial charge in [-0.2, -0.15) is 0 Å². The van der Waals surface area contributed by atoms with Gasteiger partial charge < -0.3 is 16.4 Å². The molecular formula is C12H25N3O2. The van der Waals surface area contributed by atoms with E-state index in [1.165, 1.54) is 0 Å². The Morgan fingerprint density at radius 2 is 1.94 bits per heavy atom. The van der Waals surface area contributed by atoms with E-state index in [1.54, 1.807) is 4.90 Å². The number of amides is 2. The lowest BCUT2D eigenvalue weighted by Gasteiger charge is -2.21. The molecule has 0 aromatic rings. The van der Waals surface area contributed by atoms with Gasteiger partial charge in [0.25, 0.3) is 0 Å². The Labute approximate surface area is 104 Å². The summed E-state index contributed by atoms with van der Waals surface area (Å²) in [6.07, 6.45) is 3.91. The Bertz CT molecular complexity index is 242. The van der Waals surface area contributed by atoms with Crippen LogP contribution in [0.25, 0.3) is 0 Å². The van der Waals surface area contributed by atoms with Gasteiger partial charge in [-0.1, -0.05) is 13.3 Å². The quantitative estimate of drug-likeness (QED) is 0.622. The summed E-state index contributed by atoms with van der Waals surface area (Å²) >= 11 is 0. The van der Waals surface area contributed by atoms with E-state index in [-0.39, 0.29) is 18.5 Å². The van der Waals surface area contributed by atoms with E-state index in [4.69, 9.17) is 11.5 Å². The van der Waals surface area contributed by atoms with Crippen LogP contribution in [0.15, 0.2) is 0 Å². The topological polar surface area (TPSA) is 89.4 Å². The highest BCUT2D eigenvalue weighted by atomic mass is 16.2. The minimum atomic E-state index is -0.457. The minimum absolute atomic E-state index is 0.00194. The zero-order valence-electron chi connectivity index (χ0n) is 10.9. The lowest BCUT2D eigenvalue weighted by atomic mass is 10.1. The van der Waals surface area contributed by atoms with Crippen LogP contribution in [-0.2, 0) is 9.59 Å². The predicted molar refractivity (Wildman–Crippen MR) is 68.2 cm³/mol. The molecular weight excluding hydrogens is 218 g/mol. The first kappa shape index (κ1) is 15.9. The highest BCUT2D eigenvalue weighted by Gasteiger charge is 2.14. The predicted octanol–water partition coefficient (Wildman–Crippen LogP) is 0.618. The van der Waals surface area contributed by atoms with Gasteiger partial charge >= 0.3 is 0 Å². The van der Waals surface area contributed by atoms with Crippen molar-refractivity contribution in [2.24, 2.45) is 11.5 Å². The number of primary amides is 1. The molecule has 0 aliphatic rings. The van der Waals surface area contributed by atoms with E-state index in [2.05, 4.69) is 0 Å². The lowest BCUT2D eigenvalue weighted by Crippen LogP contribution is -2.39. The van der Waals surface area contributed by atoms with E-state index in [0.29, 0.717) is 13.0 Å². The van der Waals surface area contributed by atoms with E-state index >= 15 is 0 Å². The molecule has 4 N–H and O–H groups in total. The maximum Gasteiger partial charge on any atom is 0.237 e. The Morgan fingerprint density at radius 1 is 1.29 bits per heavy atom. The number of hydrogen-bond acceptors (Lipinski definition) is 3. The van der Waals surface area contributed by atoms with E-state index < -0.39 is 5.91 Å². The molecule has 0 spiro atoms. The molecule has 1 unspecified atom stereocenters. The minimum Gasteiger partial charge on any atom is -0.368 e. The monoisotopic (exact) mass is 243 g/mol. The van der Waals surface area contributed by atoms with Gasteiger partial charge in [-0.3, -0.25) is 9.59 Å². The van der Waals surface area contributed by atoms with Crippen molar-refractivity contribution in [3.05, 3.63) is 0 Å². The summed E-state index contributed by atoms with van der Waals surface area (Å²) in [5.74, 6) is -0.459. The van der Waals surface area contributed by atoms with Crippen molar-refractivity contribution in [2.75, 3.05) is 13.1 Å². The molecule has 0 rings (SSSR count). The molecule has 0 bridgehead atoms. The largest absolute Gasteiger partial charge is 0.368 e. The molecule has 1 atom stereocenters. The Kier molecular flexibility index (Phi) is 8.40. The summed E-state index contributed by atoms with van der Waals surface area (Å²) in [5, 5.41) is 0. The fourth-order valence-corrected chi connectivity index (χ4v) is 1.56. The Morgan fingerprint density at radius 3 is 2.41 bits per heavy atom. The molecule has 0 radical (unpaired) electrons. The first-order valence-electron chi connectivity index (χ1n) is 6.29. The van der Waals surface area contributed by atoms with Gasteiger partial charge in [-0.05, 0) is 26.2 Å². The highest BCUT2D eigenvalue weighted by Crippen LogP contribution is 2.04. The van der Waals surface area contributed by atoms with E-state index in [0.717, 1.165) is 25.7 Å². The summed E-state index contributed by atoms with van der Waals surface area (Å²) in [6.45, 7) is 4.60. The van der Waals surface area contributed by atoms with Crippen LogP contribution in [0.2, 0.25) is 0 Å². The average molecular weight is 243 g/mol. The second kappa shape index (κ2) is 8.98. The van der Waals surface area contributed by atoms with Gasteiger partial charge in [-0.15, -0.1) is 0 Å². The Balaban J connectivity index is 4.07. The molecule has 0 saturated heterocycles. The molecule has 0 saturated carbocycles. The van der Waals surface area contributed by atoms with Crippen molar-refractivity contribution in [3.8, 4) is 0 Å². The second-order valence-electron chi connectivity index (χ2n) is 4.50. The summed E-state index contributed by atoms with van der Waals surface area (Å²) in [4.78, 5) is 24.3. The average Bonchev–Trinajstić information content (AvgIpc) is 2.22. The number of nitrogens with two attached hydrogens (primary N) is 2. The molecule has 2 amide bonds. The molecule has 17 heavy (non-hydrogen) atoms. The fourth-order valence-electron chi connectivity index (χ4n) is 1.56. The van der Waals surface area contributed by atoms with Crippen molar-refractivity contribution < 1.29 is 9.59 Å². The van der Waals surface area contributed by atoms with Crippen LogP contribution in [-0.4, -0.2) is 35.8 Å². The maximum atomic E-state index is 11.8.